The van der Waals surface area contributed by atoms with Crippen molar-refractivity contribution in [2.24, 2.45) is 28.6 Å². The van der Waals surface area contributed by atoms with E-state index in [0.717, 1.165) is 31.3 Å². The maximum atomic E-state index is 13.2. The van der Waals surface area contributed by atoms with Crippen LogP contribution in [-0.2, 0) is 23.9 Å². The van der Waals surface area contributed by atoms with E-state index in [-0.39, 0.29) is 64.4 Å². The van der Waals surface area contributed by atoms with Gasteiger partial charge in [-0.3, -0.25) is 14.4 Å². The fourth-order valence-electron chi connectivity index (χ4n) is 6.81. The van der Waals surface area contributed by atoms with Crippen molar-refractivity contribution in [3.8, 4) is 0 Å². The summed E-state index contributed by atoms with van der Waals surface area (Å²) >= 11 is 0. The predicted octanol–water partition coefficient (Wildman–Crippen LogP) is 3.01. The van der Waals surface area contributed by atoms with E-state index in [9.17, 15) is 14.4 Å². The molecule has 0 bridgehead atoms. The Bertz CT molecular complexity index is 769. The maximum absolute atomic E-state index is 13.2. The maximum Gasteiger partial charge on any atom is 0.305 e. The Hall–Kier alpha value is -1.49. The molecule has 0 aromatic heterocycles. The van der Waals surface area contributed by atoms with Gasteiger partial charge in [-0.05, 0) is 43.1 Å². The number of allylic oxidation sites excluding steroid dienone is 1. The van der Waals surface area contributed by atoms with Gasteiger partial charge in [-0.1, -0.05) is 26.3 Å². The van der Waals surface area contributed by atoms with Crippen molar-refractivity contribution in [2.45, 2.75) is 77.6 Å². The quantitative estimate of drug-likeness (QED) is 0.550. The Morgan fingerprint density at radius 2 is 1.96 bits per heavy atom. The number of hydrogen-bond acceptors (Lipinski definition) is 5. The highest BCUT2D eigenvalue weighted by Crippen LogP contribution is 2.66. The van der Waals surface area contributed by atoms with Crippen LogP contribution in [0.4, 0.5) is 0 Å². The Balaban J connectivity index is 1.46. The van der Waals surface area contributed by atoms with E-state index in [2.05, 4.69) is 13.8 Å². The molecule has 0 radical (unpaired) electrons. The highest BCUT2D eigenvalue weighted by atomic mass is 16.6. The Morgan fingerprint density at radius 3 is 2.70 bits per heavy atom. The first-order valence-corrected chi connectivity index (χ1v) is 10.4. The van der Waals surface area contributed by atoms with Crippen molar-refractivity contribution in [1.82, 2.24) is 0 Å². The molecular weight excluding hydrogens is 344 g/mol. The molecule has 0 amide bonds. The second kappa shape index (κ2) is 5.53. The molecule has 4 fully saturated rings. The summed E-state index contributed by atoms with van der Waals surface area (Å²) in [5.74, 6) is 0.412. The van der Waals surface area contributed by atoms with Gasteiger partial charge in [-0.15, -0.1) is 0 Å². The number of ketones is 2. The first kappa shape index (κ1) is 17.6. The Labute approximate surface area is 159 Å². The van der Waals surface area contributed by atoms with Crippen molar-refractivity contribution in [2.75, 3.05) is 0 Å². The van der Waals surface area contributed by atoms with Crippen molar-refractivity contribution in [3.05, 3.63) is 11.6 Å². The molecule has 0 spiro atoms. The average molecular weight is 372 g/mol. The standard InChI is InChI=1S/C22H28O5/c1-4-15(24)26-12-5-7-21(2)11(9-12)10-14(23)16-13(21)6-8-22(3)17(16)18-19(27-18)20(22)25/h10,12-13,16-19H,4-9H2,1-3H3/t12-,13-,16-,17+,18-,19-,21-,22-/m0/s1. The third-order valence-electron chi connectivity index (χ3n) is 8.45. The van der Waals surface area contributed by atoms with Crippen molar-refractivity contribution < 1.29 is 23.9 Å². The summed E-state index contributed by atoms with van der Waals surface area (Å²) < 4.78 is 11.2. The SMILES string of the molecule is CCC(=O)O[C@H]1CC[C@@]2(C)C(=CC(=O)[C@H]3[C@@H]4[C@@H]5O[C@@H]5C(=O)[C@@]4(C)CC[C@@H]32)C1. The van der Waals surface area contributed by atoms with Crippen molar-refractivity contribution in [1.29, 1.82) is 0 Å². The van der Waals surface area contributed by atoms with Crippen LogP contribution in [0, 0.1) is 28.6 Å². The smallest absolute Gasteiger partial charge is 0.305 e. The van der Waals surface area contributed by atoms with Crippen LogP contribution in [0.3, 0.4) is 0 Å². The summed E-state index contributed by atoms with van der Waals surface area (Å²) in [6.07, 6.45) is 6.03. The lowest BCUT2D eigenvalue weighted by atomic mass is 9.47. The number of hydrogen-bond donors (Lipinski definition) is 0. The number of Topliss-reactive ketones (excluding diaryl/α,β-unsaturated/α-hetero) is 1. The zero-order valence-corrected chi connectivity index (χ0v) is 16.3. The lowest BCUT2D eigenvalue weighted by Crippen LogP contribution is -2.55. The third-order valence-corrected chi connectivity index (χ3v) is 8.45. The van der Waals surface area contributed by atoms with E-state index in [0.29, 0.717) is 12.8 Å². The van der Waals surface area contributed by atoms with Gasteiger partial charge in [0.05, 0.1) is 6.10 Å². The largest absolute Gasteiger partial charge is 0.462 e. The molecule has 146 valence electrons. The van der Waals surface area contributed by atoms with Crippen LogP contribution in [0.2, 0.25) is 0 Å². The van der Waals surface area contributed by atoms with Crippen molar-refractivity contribution >= 4 is 17.5 Å². The first-order valence-electron chi connectivity index (χ1n) is 10.4. The molecule has 1 saturated heterocycles. The molecule has 5 aliphatic rings. The average Bonchev–Trinajstić information content (AvgIpc) is 3.38. The summed E-state index contributed by atoms with van der Waals surface area (Å²) in [6.45, 7) is 6.14. The van der Waals surface area contributed by atoms with Crippen LogP contribution in [0.5, 0.6) is 0 Å². The molecule has 1 heterocycles. The van der Waals surface area contributed by atoms with Crippen LogP contribution in [0.15, 0.2) is 11.6 Å². The predicted molar refractivity (Wildman–Crippen MR) is 96.7 cm³/mol. The fraction of sp³-hybridized carbons (Fsp3) is 0.773. The number of carbonyl (C=O) groups excluding carboxylic acids is 3. The molecular formula is C22H28O5. The monoisotopic (exact) mass is 372 g/mol. The topological polar surface area (TPSA) is 73.0 Å². The van der Waals surface area contributed by atoms with E-state index in [1.54, 1.807) is 6.92 Å². The minimum absolute atomic E-state index is 0.0338. The number of fused-ring (bicyclic) bond motifs is 7. The summed E-state index contributed by atoms with van der Waals surface area (Å²) in [4.78, 5) is 37.6. The molecule has 0 unspecified atom stereocenters. The van der Waals surface area contributed by atoms with Crippen LogP contribution >= 0.6 is 0 Å². The van der Waals surface area contributed by atoms with Crippen molar-refractivity contribution in [3.63, 3.8) is 0 Å². The van der Waals surface area contributed by atoms with Crippen LogP contribution < -0.4 is 0 Å². The van der Waals surface area contributed by atoms with E-state index in [1.807, 2.05) is 6.08 Å². The second-order valence-electron chi connectivity index (χ2n) is 9.70. The summed E-state index contributed by atoms with van der Waals surface area (Å²) in [7, 11) is 0. The molecule has 5 nitrogen and oxygen atoms in total. The first-order chi connectivity index (χ1) is 12.8. The van der Waals surface area contributed by atoms with E-state index < -0.39 is 0 Å². The number of epoxide rings is 1. The molecule has 0 N–H and O–H groups in total. The number of esters is 1. The minimum atomic E-state index is -0.389. The molecule has 3 saturated carbocycles. The van der Waals surface area contributed by atoms with Gasteiger partial charge in [0.1, 0.15) is 12.2 Å². The highest BCUT2D eigenvalue weighted by molar-refractivity contribution is 5.99. The molecule has 0 aromatic carbocycles. The second-order valence-corrected chi connectivity index (χ2v) is 9.70. The van der Waals surface area contributed by atoms with Crippen LogP contribution in [0.1, 0.15) is 59.3 Å². The molecule has 8 atom stereocenters. The van der Waals surface area contributed by atoms with Crippen LogP contribution in [-0.4, -0.2) is 35.8 Å². The normalized spacial score (nSPS) is 50.1. The minimum Gasteiger partial charge on any atom is -0.462 e. The molecule has 1 aliphatic heterocycles. The zero-order valence-electron chi connectivity index (χ0n) is 16.3. The number of rotatable bonds is 2. The summed E-state index contributed by atoms with van der Waals surface area (Å²) in [5, 5.41) is 0. The fourth-order valence-corrected chi connectivity index (χ4v) is 6.81. The molecule has 4 aliphatic carbocycles. The van der Waals surface area contributed by atoms with Gasteiger partial charge < -0.3 is 9.47 Å². The Kier molecular flexibility index (Phi) is 3.60. The van der Waals surface area contributed by atoms with Gasteiger partial charge in [0.25, 0.3) is 0 Å². The Morgan fingerprint density at radius 1 is 1.22 bits per heavy atom. The molecule has 27 heavy (non-hydrogen) atoms. The molecule has 5 heteroatoms. The number of ether oxygens (including phenoxy) is 2. The van der Waals surface area contributed by atoms with Gasteiger partial charge in [0.2, 0.25) is 0 Å². The van der Waals surface area contributed by atoms with Gasteiger partial charge in [0, 0.05) is 30.1 Å². The van der Waals surface area contributed by atoms with Gasteiger partial charge in [0.15, 0.2) is 11.6 Å². The zero-order chi connectivity index (χ0) is 19.1. The van der Waals surface area contributed by atoms with E-state index in [1.165, 1.54) is 0 Å². The third kappa shape index (κ3) is 2.24. The summed E-state index contributed by atoms with van der Waals surface area (Å²) in [6, 6.07) is 0. The van der Waals surface area contributed by atoms with Gasteiger partial charge in [-0.2, -0.15) is 0 Å². The van der Waals surface area contributed by atoms with Gasteiger partial charge >= 0.3 is 5.97 Å². The summed E-state index contributed by atoms with van der Waals surface area (Å²) in [5.41, 5.74) is 0.723. The lowest BCUT2D eigenvalue weighted by molar-refractivity contribution is -0.152. The highest BCUT2D eigenvalue weighted by Gasteiger charge is 2.73. The van der Waals surface area contributed by atoms with Gasteiger partial charge in [-0.25, -0.2) is 0 Å². The van der Waals surface area contributed by atoms with E-state index in [4.69, 9.17) is 9.47 Å². The number of carbonyl (C=O) groups is 3. The molecule has 0 aromatic rings. The van der Waals surface area contributed by atoms with E-state index >= 15 is 0 Å². The van der Waals surface area contributed by atoms with Crippen LogP contribution in [0.25, 0.3) is 0 Å². The lowest BCUT2D eigenvalue weighted by Gasteiger charge is -2.56. The molecule has 5 rings (SSSR count).